The molecule has 0 saturated carbocycles. The smallest absolute Gasteiger partial charge is 0.872 e. The van der Waals surface area contributed by atoms with Crippen LogP contribution < -0.4 is 69.6 Å². The number of rotatable bonds is 7. The molecule has 0 amide bonds. The molecule has 0 bridgehead atoms. The standard InChI is InChI=1S/C32H22N6O9S2.2Na/c39-31-17-22(15-19-16-24(48(42,43)44)10-11-25(19)31)35-37-29-14-13-28(26-3-1-2-4-27(26)29)36-34-21-7-5-20(6-8-21)33-30-12-9-23(38(40)41)18-32(30)49(45,46)47;;/h1-18,35,39H,(H,42,43,44)(H,45,46,47);;/q;2*+1/p-2. The summed E-state index contributed by atoms with van der Waals surface area (Å²) in [5, 5.41) is 37.3. The number of hydrogen-bond donors (Lipinski definition) is 2. The number of nitrogens with one attached hydrogen (secondary N) is 1. The number of anilines is 1. The van der Waals surface area contributed by atoms with E-state index in [4.69, 9.17) is 0 Å². The molecule has 246 valence electrons. The van der Waals surface area contributed by atoms with Crippen molar-refractivity contribution in [1.82, 2.24) is 0 Å². The van der Waals surface area contributed by atoms with Gasteiger partial charge in [0, 0.05) is 23.3 Å². The molecule has 0 spiro atoms. The van der Waals surface area contributed by atoms with Crippen LogP contribution in [-0.4, -0.2) is 53.7 Å². The molecule has 0 aliphatic heterocycles. The van der Waals surface area contributed by atoms with E-state index in [0.717, 1.165) is 18.2 Å². The molecule has 0 fully saturated rings. The molecule has 0 heterocycles. The van der Waals surface area contributed by atoms with Gasteiger partial charge in [-0.2, -0.15) is 18.6 Å². The average molecular weight is 743 g/mol. The van der Waals surface area contributed by atoms with Crippen molar-refractivity contribution in [2.45, 2.75) is 9.79 Å². The largest absolute Gasteiger partial charge is 1.00 e. The Hall–Kier alpha value is -4.14. The monoisotopic (exact) mass is 742 g/mol. The van der Waals surface area contributed by atoms with Crippen molar-refractivity contribution in [2.75, 3.05) is 5.43 Å². The zero-order valence-electron chi connectivity index (χ0n) is 26.7. The van der Waals surface area contributed by atoms with Gasteiger partial charge in [-0.3, -0.25) is 20.1 Å². The Morgan fingerprint density at radius 3 is 2.04 bits per heavy atom. The van der Waals surface area contributed by atoms with Crippen LogP contribution in [-0.2, 0) is 20.2 Å². The topological polar surface area (TPSA) is 239 Å². The van der Waals surface area contributed by atoms with Gasteiger partial charge in [-0.25, -0.2) is 13.4 Å². The predicted octanol–water partition coefficient (Wildman–Crippen LogP) is -1.59. The van der Waals surface area contributed by atoms with E-state index in [1.54, 1.807) is 24.3 Å². The second kappa shape index (κ2) is 16.0. The molecule has 6 rings (SSSR count). The van der Waals surface area contributed by atoms with Crippen LogP contribution in [0.4, 0.5) is 17.1 Å². The van der Waals surface area contributed by atoms with E-state index >= 15 is 0 Å². The molecule has 2 N–H and O–H groups in total. The molecule has 0 unspecified atom stereocenters. The Labute approximate surface area is 334 Å². The first-order valence-electron chi connectivity index (χ1n) is 13.9. The summed E-state index contributed by atoms with van der Waals surface area (Å²) in [6, 6.07) is 16.6. The van der Waals surface area contributed by atoms with Crippen LogP contribution in [0, 0.1) is 10.1 Å². The third-order valence-corrected chi connectivity index (χ3v) is 8.88. The van der Waals surface area contributed by atoms with Gasteiger partial charge >= 0.3 is 59.1 Å². The van der Waals surface area contributed by atoms with Gasteiger partial charge in [-0.15, -0.1) is 5.10 Å². The molecule has 2 aliphatic rings. The van der Waals surface area contributed by atoms with Crippen molar-refractivity contribution < 1.29 is 95.1 Å². The number of hydrogen-bond acceptors (Lipinski definition) is 13. The minimum absolute atomic E-state index is 0. The molecule has 0 aromatic heterocycles. The number of aliphatic imine (C=N–C) groups is 1. The number of hydrazone groups is 1. The fourth-order valence-electron chi connectivity index (χ4n) is 4.87. The van der Waals surface area contributed by atoms with Crippen molar-refractivity contribution in [1.29, 1.82) is 0 Å². The van der Waals surface area contributed by atoms with Crippen LogP contribution in [0.15, 0.2) is 139 Å². The molecule has 0 saturated heterocycles. The van der Waals surface area contributed by atoms with Crippen LogP contribution in [0.1, 0.15) is 11.1 Å². The Bertz CT molecular complexity index is 2510. The van der Waals surface area contributed by atoms with Crippen LogP contribution in [0.2, 0.25) is 0 Å². The van der Waals surface area contributed by atoms with Gasteiger partial charge in [0.2, 0.25) is 0 Å². The van der Waals surface area contributed by atoms with E-state index in [1.165, 1.54) is 36.4 Å². The fourth-order valence-corrected chi connectivity index (χ4v) is 6.02. The van der Waals surface area contributed by atoms with Crippen molar-refractivity contribution in [3.05, 3.63) is 130 Å². The zero-order valence-corrected chi connectivity index (χ0v) is 32.3. The van der Waals surface area contributed by atoms with Crippen LogP contribution in [0.3, 0.4) is 0 Å². The zero-order chi connectivity index (χ0) is 34.9. The van der Waals surface area contributed by atoms with E-state index in [-0.39, 0.29) is 86.5 Å². The Kier molecular flexibility index (Phi) is 12.5. The summed E-state index contributed by atoms with van der Waals surface area (Å²) in [5.41, 5.74) is 5.41. The van der Waals surface area contributed by atoms with Gasteiger partial charge in [0.1, 0.15) is 10.1 Å². The Balaban J connectivity index is 0.00000292. The van der Waals surface area contributed by atoms with Crippen molar-refractivity contribution in [2.24, 2.45) is 20.3 Å². The number of nitro benzene ring substituents is 1. The van der Waals surface area contributed by atoms with Gasteiger partial charge in [-0.05, 0) is 77.6 Å². The summed E-state index contributed by atoms with van der Waals surface area (Å²) in [6.45, 7) is 0. The summed E-state index contributed by atoms with van der Waals surface area (Å²) in [4.78, 5) is 13.2. The molecule has 0 radical (unpaired) electrons. The van der Waals surface area contributed by atoms with Gasteiger partial charge < -0.3 is 9.66 Å². The van der Waals surface area contributed by atoms with E-state index < -0.39 is 35.7 Å². The van der Waals surface area contributed by atoms with Gasteiger partial charge in [-0.1, -0.05) is 36.1 Å². The summed E-state index contributed by atoms with van der Waals surface area (Å²) >= 11 is 0. The summed E-state index contributed by atoms with van der Waals surface area (Å²) < 4.78 is 67.6. The van der Waals surface area contributed by atoms with Crippen molar-refractivity contribution >= 4 is 70.9 Å². The van der Waals surface area contributed by atoms with E-state index in [2.05, 4.69) is 25.7 Å². The molecule has 0 atom stereocenters. The number of nitro groups is 1. The van der Waals surface area contributed by atoms with Crippen LogP contribution in [0.5, 0.6) is 5.75 Å². The molecule has 4 aromatic rings. The number of fused-ring (bicyclic) bond motifs is 2. The van der Waals surface area contributed by atoms with Crippen molar-refractivity contribution in [3.63, 3.8) is 0 Å². The quantitative estimate of drug-likeness (QED) is 0.0724. The number of allylic oxidation sites excluding steroid dienone is 6. The average Bonchev–Trinajstić information content (AvgIpc) is 3.06. The maximum absolute atomic E-state index is 12.6. The Morgan fingerprint density at radius 1 is 0.745 bits per heavy atom. The summed E-state index contributed by atoms with van der Waals surface area (Å²) in [7, 11) is -9.50. The molecule has 15 nitrogen and oxygen atoms in total. The van der Waals surface area contributed by atoms with Gasteiger partial charge in [0.25, 0.3) is 15.8 Å². The van der Waals surface area contributed by atoms with Crippen LogP contribution in [0.25, 0.3) is 10.8 Å². The minimum Gasteiger partial charge on any atom is -0.872 e. The fraction of sp³-hybridized carbons (Fsp3) is 0. The Morgan fingerprint density at radius 2 is 1.39 bits per heavy atom. The second-order valence-corrected chi connectivity index (χ2v) is 13.2. The minimum atomic E-state index is -5.04. The molecule has 2 aliphatic carbocycles. The molecular formula is C32H20N6Na2O9S2. The normalized spacial score (nSPS) is 15.3. The van der Waals surface area contributed by atoms with Crippen molar-refractivity contribution in [3.8, 4) is 5.75 Å². The predicted molar refractivity (Wildman–Crippen MR) is 179 cm³/mol. The SMILES string of the molecule is O=[N+]([O-])c1ccc(N=C2C=CC(=NN=C3C=CC(=NNc4cc([O-])c5ccc(S(=O)(=O)O)cc5c4)c4ccccc43)C=C2)c(S(=O)(=O)[O-])c1.[Na+].[Na+]. The first-order valence-corrected chi connectivity index (χ1v) is 16.8. The van der Waals surface area contributed by atoms with E-state index in [9.17, 15) is 41.2 Å². The number of non-ortho nitro benzene ring substituents is 1. The first-order chi connectivity index (χ1) is 23.3. The first kappa shape index (κ1) is 39.6. The third-order valence-electron chi connectivity index (χ3n) is 7.16. The summed E-state index contributed by atoms with van der Waals surface area (Å²) in [6.07, 6.45) is 9.50. The summed E-state index contributed by atoms with van der Waals surface area (Å²) in [5.74, 6) is -0.370. The second-order valence-electron chi connectivity index (χ2n) is 10.4. The molecule has 4 aromatic carbocycles. The molecular weight excluding hydrogens is 722 g/mol. The molecule has 19 heteroatoms. The maximum Gasteiger partial charge on any atom is 1.00 e. The van der Waals surface area contributed by atoms with E-state index in [0.29, 0.717) is 45.4 Å². The molecule has 51 heavy (non-hydrogen) atoms. The number of nitrogens with zero attached hydrogens (tertiary/aromatic N) is 5. The van der Waals surface area contributed by atoms with Gasteiger partial charge in [0.15, 0.2) is 0 Å². The number of benzene rings is 4. The van der Waals surface area contributed by atoms with Gasteiger partial charge in [0.05, 0.1) is 48.9 Å². The van der Waals surface area contributed by atoms with Crippen LogP contribution >= 0.6 is 0 Å². The van der Waals surface area contributed by atoms with E-state index in [1.807, 2.05) is 24.3 Å². The third kappa shape index (κ3) is 9.21. The maximum atomic E-state index is 12.6.